The lowest BCUT2D eigenvalue weighted by Crippen LogP contribution is -2.45. The smallest absolute Gasteiger partial charge is 0.381 e. The first-order chi connectivity index (χ1) is 13.8. The van der Waals surface area contributed by atoms with Crippen molar-refractivity contribution in [2.45, 2.75) is 31.4 Å². The quantitative estimate of drug-likeness (QED) is 0.772. The van der Waals surface area contributed by atoms with Crippen LogP contribution >= 0.6 is 0 Å². The van der Waals surface area contributed by atoms with Crippen LogP contribution in [0.25, 0.3) is 0 Å². The summed E-state index contributed by atoms with van der Waals surface area (Å²) in [5.41, 5.74) is 0.123. The Morgan fingerprint density at radius 1 is 1.14 bits per heavy atom. The summed E-state index contributed by atoms with van der Waals surface area (Å²) in [4.78, 5) is 15.4. The zero-order valence-corrected chi connectivity index (χ0v) is 16.6. The van der Waals surface area contributed by atoms with E-state index >= 15 is 0 Å². The Bertz CT molecular complexity index is 861. The zero-order valence-electron chi connectivity index (χ0n) is 16.6. The van der Waals surface area contributed by atoms with Gasteiger partial charge in [0.1, 0.15) is 0 Å². The predicted molar refractivity (Wildman–Crippen MR) is 107 cm³/mol. The third-order valence-electron chi connectivity index (χ3n) is 5.54. The van der Waals surface area contributed by atoms with Crippen molar-refractivity contribution in [1.29, 1.82) is 0 Å². The van der Waals surface area contributed by atoms with Gasteiger partial charge >= 0.3 is 6.18 Å². The van der Waals surface area contributed by atoms with E-state index in [1.165, 1.54) is 6.07 Å². The lowest BCUT2D eigenvalue weighted by Gasteiger charge is -2.36. The molecule has 0 saturated carbocycles. The fourth-order valence-corrected chi connectivity index (χ4v) is 3.61. The molecule has 29 heavy (non-hydrogen) atoms. The molecule has 4 nitrogen and oxygen atoms in total. The van der Waals surface area contributed by atoms with Crippen LogP contribution in [0.15, 0.2) is 48.5 Å². The minimum atomic E-state index is -4.46. The van der Waals surface area contributed by atoms with E-state index in [4.69, 9.17) is 4.74 Å². The van der Waals surface area contributed by atoms with Gasteiger partial charge in [0.2, 0.25) is 5.91 Å². The lowest BCUT2D eigenvalue weighted by atomic mass is 9.73. The van der Waals surface area contributed by atoms with Crippen molar-refractivity contribution >= 4 is 17.3 Å². The molecule has 0 radical (unpaired) electrons. The largest absolute Gasteiger partial charge is 0.416 e. The first-order valence-corrected chi connectivity index (χ1v) is 9.64. The first kappa shape index (κ1) is 21.2. The molecule has 1 amide bonds. The number of alkyl halides is 3. The average Bonchev–Trinajstić information content (AvgIpc) is 2.73. The minimum absolute atomic E-state index is 0.309. The van der Waals surface area contributed by atoms with Crippen LogP contribution in [0, 0.1) is 0 Å². The molecule has 0 spiro atoms. The van der Waals surface area contributed by atoms with Crippen LogP contribution in [0.2, 0.25) is 0 Å². The highest BCUT2D eigenvalue weighted by molar-refractivity contribution is 5.99. The Hall–Kier alpha value is -2.54. The Kier molecular flexibility index (Phi) is 6.17. The molecule has 1 aliphatic rings. The van der Waals surface area contributed by atoms with E-state index < -0.39 is 17.2 Å². The average molecular weight is 406 g/mol. The van der Waals surface area contributed by atoms with Crippen LogP contribution in [0.4, 0.5) is 24.5 Å². The van der Waals surface area contributed by atoms with E-state index in [0.29, 0.717) is 37.3 Å². The summed E-state index contributed by atoms with van der Waals surface area (Å²) in [6, 6.07) is 12.5. The van der Waals surface area contributed by atoms with Gasteiger partial charge in [-0.2, -0.15) is 13.2 Å². The van der Waals surface area contributed by atoms with Crippen LogP contribution in [-0.2, 0) is 21.1 Å². The molecule has 0 aliphatic carbocycles. The first-order valence-electron chi connectivity index (χ1n) is 9.64. The maximum absolute atomic E-state index is 13.3. The Morgan fingerprint density at radius 3 is 2.48 bits per heavy atom. The van der Waals surface area contributed by atoms with Gasteiger partial charge in [0, 0.05) is 38.2 Å². The van der Waals surface area contributed by atoms with Crippen molar-refractivity contribution < 1.29 is 22.7 Å². The summed E-state index contributed by atoms with van der Waals surface area (Å²) in [5.74, 6) is -0.309. The van der Waals surface area contributed by atoms with Crippen LogP contribution in [0.5, 0.6) is 0 Å². The molecule has 1 N–H and O–H groups in total. The second-order valence-corrected chi connectivity index (χ2v) is 7.29. The molecule has 156 valence electrons. The zero-order chi connectivity index (χ0) is 21.1. The molecule has 0 atom stereocenters. The summed E-state index contributed by atoms with van der Waals surface area (Å²) in [5, 5.41) is 2.93. The van der Waals surface area contributed by atoms with Gasteiger partial charge in [0.15, 0.2) is 0 Å². The fraction of sp³-hybridized carbons (Fsp3) is 0.409. The summed E-state index contributed by atoms with van der Waals surface area (Å²) in [6.45, 7) is 3.48. The molecule has 2 aromatic rings. The molecule has 7 heteroatoms. The highest BCUT2D eigenvalue weighted by Crippen LogP contribution is 2.39. The van der Waals surface area contributed by atoms with Gasteiger partial charge in [-0.25, -0.2) is 0 Å². The van der Waals surface area contributed by atoms with Crippen LogP contribution < -0.4 is 10.2 Å². The van der Waals surface area contributed by atoms with Crippen molar-refractivity contribution in [3.8, 4) is 0 Å². The van der Waals surface area contributed by atoms with Crippen LogP contribution in [-0.4, -0.2) is 32.7 Å². The molecule has 1 heterocycles. The number of amides is 1. The molecule has 0 aromatic heterocycles. The summed E-state index contributed by atoms with van der Waals surface area (Å²) in [7, 11) is 1.95. The Morgan fingerprint density at radius 2 is 1.83 bits per heavy atom. The van der Waals surface area contributed by atoms with E-state index in [-0.39, 0.29) is 5.91 Å². The minimum Gasteiger partial charge on any atom is -0.381 e. The van der Waals surface area contributed by atoms with E-state index in [9.17, 15) is 18.0 Å². The van der Waals surface area contributed by atoms with E-state index in [1.54, 1.807) is 12.1 Å². The van der Waals surface area contributed by atoms with Gasteiger partial charge < -0.3 is 15.0 Å². The molecule has 3 rings (SSSR count). The highest BCUT2D eigenvalue weighted by Gasteiger charge is 2.43. The number of carbonyl (C=O) groups is 1. The predicted octanol–water partition coefficient (Wildman–Crippen LogP) is 4.85. The molecular formula is C22H25F3N2O2. The standard InChI is InChI=1S/C22H25F3N2O2/c1-3-27(2)19-9-5-8-18(15-19)26-20(28)21(10-12-29-13-11-21)16-6-4-7-17(14-16)22(23,24)25/h4-9,14-15H,3,10-13H2,1-2H3,(H,26,28). The number of hydrogen-bond acceptors (Lipinski definition) is 3. The lowest BCUT2D eigenvalue weighted by molar-refractivity contribution is -0.138. The number of benzene rings is 2. The number of anilines is 2. The summed E-state index contributed by atoms with van der Waals surface area (Å²) in [6.07, 6.45) is -3.80. The van der Waals surface area contributed by atoms with Crippen molar-refractivity contribution in [1.82, 2.24) is 0 Å². The second-order valence-electron chi connectivity index (χ2n) is 7.29. The number of nitrogens with zero attached hydrogens (tertiary/aromatic N) is 1. The normalized spacial score (nSPS) is 16.3. The Labute approximate surface area is 168 Å². The third-order valence-corrected chi connectivity index (χ3v) is 5.54. The number of carbonyl (C=O) groups excluding carboxylic acids is 1. The molecule has 0 unspecified atom stereocenters. The summed E-state index contributed by atoms with van der Waals surface area (Å²) < 4.78 is 45.1. The maximum Gasteiger partial charge on any atom is 0.416 e. The molecule has 1 fully saturated rings. The highest BCUT2D eigenvalue weighted by atomic mass is 19.4. The number of hydrogen-bond donors (Lipinski definition) is 1. The van der Waals surface area contributed by atoms with E-state index in [2.05, 4.69) is 5.32 Å². The van der Waals surface area contributed by atoms with Gasteiger partial charge in [-0.3, -0.25) is 4.79 Å². The van der Waals surface area contributed by atoms with E-state index in [0.717, 1.165) is 24.4 Å². The van der Waals surface area contributed by atoms with Crippen LogP contribution in [0.1, 0.15) is 30.9 Å². The van der Waals surface area contributed by atoms with Crippen LogP contribution in [0.3, 0.4) is 0 Å². The van der Waals surface area contributed by atoms with Gasteiger partial charge in [0.25, 0.3) is 0 Å². The van der Waals surface area contributed by atoms with Gasteiger partial charge in [-0.05, 0) is 49.6 Å². The van der Waals surface area contributed by atoms with Gasteiger partial charge in [-0.15, -0.1) is 0 Å². The monoisotopic (exact) mass is 406 g/mol. The second kappa shape index (κ2) is 8.45. The SMILES string of the molecule is CCN(C)c1cccc(NC(=O)C2(c3cccc(C(F)(F)F)c3)CCOCC2)c1. The molecule has 1 saturated heterocycles. The Balaban J connectivity index is 1.94. The van der Waals surface area contributed by atoms with Gasteiger partial charge in [0.05, 0.1) is 11.0 Å². The molecule has 2 aromatic carbocycles. The van der Waals surface area contributed by atoms with Crippen molar-refractivity contribution in [2.75, 3.05) is 37.0 Å². The van der Waals surface area contributed by atoms with E-state index in [1.807, 2.05) is 37.1 Å². The molecular weight excluding hydrogens is 381 g/mol. The summed E-state index contributed by atoms with van der Waals surface area (Å²) >= 11 is 0. The molecule has 0 bridgehead atoms. The number of ether oxygens (including phenoxy) is 1. The number of nitrogens with one attached hydrogen (secondary N) is 1. The van der Waals surface area contributed by atoms with Crippen molar-refractivity contribution in [3.05, 3.63) is 59.7 Å². The number of rotatable bonds is 5. The van der Waals surface area contributed by atoms with Crippen molar-refractivity contribution in [2.24, 2.45) is 0 Å². The topological polar surface area (TPSA) is 41.6 Å². The van der Waals surface area contributed by atoms with Gasteiger partial charge in [-0.1, -0.05) is 24.3 Å². The molecule has 1 aliphatic heterocycles. The fourth-order valence-electron chi connectivity index (χ4n) is 3.61. The van der Waals surface area contributed by atoms with Crippen molar-refractivity contribution in [3.63, 3.8) is 0 Å². The number of halogens is 3. The third kappa shape index (κ3) is 4.56. The maximum atomic E-state index is 13.3.